The molecule has 0 saturated carbocycles. The molecule has 1 heterocycles. The van der Waals surface area contributed by atoms with Gasteiger partial charge in [-0.25, -0.2) is 22.0 Å². The van der Waals surface area contributed by atoms with Gasteiger partial charge in [-0.2, -0.15) is 17.5 Å². The maximum absolute atomic E-state index is 12.9. The second-order valence-corrected chi connectivity index (χ2v) is 10.3. The van der Waals surface area contributed by atoms with Gasteiger partial charge in [0.05, 0.1) is 16.5 Å². The highest BCUT2D eigenvalue weighted by Gasteiger charge is 2.39. The van der Waals surface area contributed by atoms with Crippen LogP contribution in [0.1, 0.15) is 0 Å². The number of halogens is 4. The summed E-state index contributed by atoms with van der Waals surface area (Å²) < 4.78 is 87.0. The molecule has 2 rings (SSSR count). The summed E-state index contributed by atoms with van der Waals surface area (Å²) in [6.07, 6.45) is -4.14. The molecule has 0 bridgehead atoms. The van der Waals surface area contributed by atoms with Crippen molar-refractivity contribution in [2.45, 2.75) is 22.1 Å². The van der Waals surface area contributed by atoms with E-state index in [-0.39, 0.29) is 23.0 Å². The maximum atomic E-state index is 12.9. The van der Waals surface area contributed by atoms with Crippen molar-refractivity contribution in [3.8, 4) is 0 Å². The normalized spacial score (nSPS) is 20.0. The Kier molecular flexibility index (Phi) is 6.44. The summed E-state index contributed by atoms with van der Waals surface area (Å²) in [5, 5.41) is 7.52. The molecule has 3 N–H and O–H groups in total. The van der Waals surface area contributed by atoms with Crippen molar-refractivity contribution >= 4 is 49.1 Å². The molecule has 0 aliphatic carbocycles. The molecule has 1 aromatic rings. The zero-order valence-corrected chi connectivity index (χ0v) is 16.7. The summed E-state index contributed by atoms with van der Waals surface area (Å²) in [6.45, 7) is 3.25. The van der Waals surface area contributed by atoms with Crippen molar-refractivity contribution in [2.24, 2.45) is 5.14 Å². The van der Waals surface area contributed by atoms with Gasteiger partial charge in [0.15, 0.2) is 0 Å². The SMILES string of the molecule is C=CCN1C(CSCC(F)(F)F)Nc2cc(Cl)c(S(N)(=O)=O)cc2S1(=O)=O. The summed E-state index contributed by atoms with van der Waals surface area (Å²) in [6, 6.07) is 1.89. The molecular weight excluding hydrogens is 451 g/mol. The molecule has 0 aromatic heterocycles. The second-order valence-electron chi connectivity index (χ2n) is 5.48. The summed E-state index contributed by atoms with van der Waals surface area (Å²) in [7, 11) is -8.52. The number of nitrogens with one attached hydrogen (secondary N) is 1. The van der Waals surface area contributed by atoms with Gasteiger partial charge in [0.1, 0.15) is 16.0 Å². The maximum Gasteiger partial charge on any atom is 0.397 e. The van der Waals surface area contributed by atoms with Gasteiger partial charge in [0.2, 0.25) is 20.0 Å². The van der Waals surface area contributed by atoms with Gasteiger partial charge in [-0.05, 0) is 12.1 Å². The molecule has 1 aliphatic rings. The van der Waals surface area contributed by atoms with Crippen LogP contribution in [0, 0.1) is 0 Å². The minimum atomic E-state index is -4.40. The summed E-state index contributed by atoms with van der Waals surface area (Å²) in [5.74, 6) is -1.36. The Balaban J connectivity index is 2.47. The number of anilines is 1. The third kappa shape index (κ3) is 5.09. The zero-order chi connectivity index (χ0) is 20.6. The molecule has 0 saturated heterocycles. The van der Waals surface area contributed by atoms with Crippen LogP contribution in [0.5, 0.6) is 0 Å². The van der Waals surface area contributed by atoms with Crippen molar-refractivity contribution < 1.29 is 30.0 Å². The zero-order valence-electron chi connectivity index (χ0n) is 13.5. The molecule has 0 radical (unpaired) electrons. The monoisotopic (exact) mass is 465 g/mol. The van der Waals surface area contributed by atoms with E-state index in [4.69, 9.17) is 16.7 Å². The second kappa shape index (κ2) is 7.79. The lowest BCUT2D eigenvalue weighted by Gasteiger charge is -2.36. The Morgan fingerprint density at radius 2 is 2.04 bits per heavy atom. The van der Waals surface area contributed by atoms with Gasteiger partial charge in [-0.3, -0.25) is 0 Å². The van der Waals surface area contributed by atoms with E-state index >= 15 is 0 Å². The number of hydrogen-bond donors (Lipinski definition) is 2. The first-order chi connectivity index (χ1) is 12.3. The molecular formula is C13H15ClF3N3O4S3. The predicted molar refractivity (Wildman–Crippen MR) is 97.7 cm³/mol. The molecule has 1 aromatic carbocycles. The number of primary sulfonamides is 1. The average Bonchev–Trinajstić information content (AvgIpc) is 2.48. The Hall–Kier alpha value is -0.990. The molecule has 0 spiro atoms. The van der Waals surface area contributed by atoms with E-state index in [1.54, 1.807) is 0 Å². The molecule has 14 heteroatoms. The first-order valence-electron chi connectivity index (χ1n) is 7.17. The molecule has 0 amide bonds. The molecule has 1 unspecified atom stereocenters. The van der Waals surface area contributed by atoms with Crippen LogP contribution >= 0.6 is 23.4 Å². The number of hydrogen-bond acceptors (Lipinski definition) is 6. The molecule has 152 valence electrons. The number of nitrogens with two attached hydrogens (primary N) is 1. The third-order valence-corrected chi connectivity index (χ3v) is 7.82. The van der Waals surface area contributed by atoms with Gasteiger partial charge < -0.3 is 5.32 Å². The largest absolute Gasteiger partial charge is 0.397 e. The highest BCUT2D eigenvalue weighted by molar-refractivity contribution is 7.99. The average molecular weight is 466 g/mol. The number of benzene rings is 1. The van der Waals surface area contributed by atoms with Gasteiger partial charge >= 0.3 is 6.18 Å². The molecule has 27 heavy (non-hydrogen) atoms. The van der Waals surface area contributed by atoms with Gasteiger partial charge in [-0.15, -0.1) is 18.3 Å². The highest BCUT2D eigenvalue weighted by atomic mass is 35.5. The summed E-state index contributed by atoms with van der Waals surface area (Å²) in [5.41, 5.74) is -0.0229. The van der Waals surface area contributed by atoms with E-state index in [0.29, 0.717) is 11.8 Å². The first-order valence-corrected chi connectivity index (χ1v) is 11.7. The van der Waals surface area contributed by atoms with E-state index in [1.165, 1.54) is 6.08 Å². The predicted octanol–water partition coefficient (Wildman–Crippen LogP) is 2.21. The van der Waals surface area contributed by atoms with Crippen LogP contribution in [0.2, 0.25) is 5.02 Å². The lowest BCUT2D eigenvalue weighted by molar-refractivity contribution is -0.105. The Labute approximate surface area is 163 Å². The van der Waals surface area contributed by atoms with E-state index in [0.717, 1.165) is 16.4 Å². The van der Waals surface area contributed by atoms with Crippen LogP contribution in [0.25, 0.3) is 0 Å². The number of rotatable bonds is 6. The van der Waals surface area contributed by atoms with Crippen LogP contribution in [0.4, 0.5) is 18.9 Å². The number of thioether (sulfide) groups is 1. The molecule has 7 nitrogen and oxygen atoms in total. The summed E-state index contributed by atoms with van der Waals surface area (Å²) in [4.78, 5) is -0.966. The fraction of sp³-hybridized carbons (Fsp3) is 0.385. The highest BCUT2D eigenvalue weighted by Crippen LogP contribution is 2.38. The van der Waals surface area contributed by atoms with Crippen LogP contribution in [-0.2, 0) is 20.0 Å². The van der Waals surface area contributed by atoms with Crippen molar-refractivity contribution in [1.29, 1.82) is 0 Å². The smallest absolute Gasteiger partial charge is 0.367 e. The molecule has 1 aliphatic heterocycles. The lowest BCUT2D eigenvalue weighted by atomic mass is 10.3. The Morgan fingerprint density at radius 3 is 2.56 bits per heavy atom. The van der Waals surface area contributed by atoms with Crippen LogP contribution in [0.3, 0.4) is 0 Å². The van der Waals surface area contributed by atoms with Crippen LogP contribution in [-0.4, -0.2) is 51.5 Å². The van der Waals surface area contributed by atoms with Crippen LogP contribution in [0.15, 0.2) is 34.6 Å². The standard InChI is InChI=1S/C13H15ClF3N3O4S3/c1-2-3-20-12(6-25-7-13(15,16)17)19-9-4-8(14)10(26(18,21)22)5-11(9)27(20,23)24/h2,4-5,12,19H,1,3,6-7H2,(H2,18,21,22). The van der Waals surface area contributed by atoms with Crippen molar-refractivity contribution in [3.63, 3.8) is 0 Å². The minimum absolute atomic E-state index is 0.0229. The van der Waals surface area contributed by atoms with Crippen LogP contribution < -0.4 is 10.5 Å². The quantitative estimate of drug-likeness (QED) is 0.623. The van der Waals surface area contributed by atoms with Crippen molar-refractivity contribution in [2.75, 3.05) is 23.4 Å². The topological polar surface area (TPSA) is 110 Å². The van der Waals surface area contributed by atoms with E-state index in [9.17, 15) is 30.0 Å². The fourth-order valence-electron chi connectivity index (χ4n) is 2.39. The lowest BCUT2D eigenvalue weighted by Crippen LogP contribution is -2.50. The number of nitrogens with zero attached hydrogens (tertiary/aromatic N) is 1. The van der Waals surface area contributed by atoms with Gasteiger partial charge in [0, 0.05) is 12.3 Å². The Bertz CT molecular complexity index is 952. The van der Waals surface area contributed by atoms with E-state index < -0.39 is 47.9 Å². The van der Waals surface area contributed by atoms with Gasteiger partial charge in [-0.1, -0.05) is 17.7 Å². The summed E-state index contributed by atoms with van der Waals surface area (Å²) >= 11 is 6.38. The van der Waals surface area contributed by atoms with E-state index in [2.05, 4.69) is 11.9 Å². The third-order valence-electron chi connectivity index (χ3n) is 3.45. The molecule has 1 atom stereocenters. The number of alkyl halides is 3. The molecule has 0 fully saturated rings. The van der Waals surface area contributed by atoms with Gasteiger partial charge in [0.25, 0.3) is 0 Å². The first kappa shape index (κ1) is 22.3. The van der Waals surface area contributed by atoms with Crippen molar-refractivity contribution in [1.82, 2.24) is 4.31 Å². The number of fused-ring (bicyclic) bond motifs is 1. The van der Waals surface area contributed by atoms with E-state index in [1.807, 2.05) is 0 Å². The van der Waals surface area contributed by atoms with Crippen molar-refractivity contribution in [3.05, 3.63) is 29.8 Å². The number of sulfonamides is 2. The Morgan fingerprint density at radius 1 is 1.41 bits per heavy atom. The fourth-order valence-corrected chi connectivity index (χ4v) is 6.17. The minimum Gasteiger partial charge on any atom is -0.367 e.